The number of para-hydroxylation sites is 2. The summed E-state index contributed by atoms with van der Waals surface area (Å²) in [5.74, 6) is -2.32. The van der Waals surface area contributed by atoms with Crippen LogP contribution >= 0.6 is 0 Å². The lowest BCUT2D eigenvalue weighted by Gasteiger charge is -2.14. The fourth-order valence-corrected chi connectivity index (χ4v) is 6.79. The Morgan fingerprint density at radius 3 is 1.66 bits per heavy atom. The molecule has 0 radical (unpaired) electrons. The Bertz CT molecular complexity index is 4540. The van der Waals surface area contributed by atoms with Crippen LogP contribution in [0.2, 0.25) is 0 Å². The average molecular weight is 739 g/mol. The highest BCUT2D eigenvalue weighted by atomic mass is 15.2. The van der Waals surface area contributed by atoms with Crippen molar-refractivity contribution in [3.63, 3.8) is 0 Å². The zero-order chi connectivity index (χ0) is 57.0. The highest BCUT2D eigenvalue weighted by molar-refractivity contribution is 6.23. The number of nitrogens with zero attached hydrogens (tertiary/aromatic N) is 5. The first-order chi connectivity index (χ1) is 37.3. The van der Waals surface area contributed by atoms with Crippen LogP contribution in [-0.2, 0) is 0 Å². The van der Waals surface area contributed by atoms with Gasteiger partial charge in [0, 0.05) is 38.4 Å². The molecule has 0 aliphatic heterocycles. The molecule has 0 saturated carbocycles. The minimum Gasteiger partial charge on any atom is -0.307 e. The summed E-state index contributed by atoms with van der Waals surface area (Å²) in [5, 5.41) is -1.27. The maximum atomic E-state index is 9.76. The lowest BCUT2D eigenvalue weighted by molar-refractivity contribution is 0.953. The predicted molar refractivity (Wildman–Crippen MR) is 230 cm³/mol. The number of hydrogen-bond acceptors (Lipinski definition) is 3. The molecule has 8 aromatic carbocycles. The van der Waals surface area contributed by atoms with Crippen LogP contribution in [0.4, 0.5) is 0 Å². The first-order valence-electron chi connectivity index (χ1n) is 28.5. The number of fused-ring (bicyclic) bond motifs is 7. The predicted octanol–water partition coefficient (Wildman–Crippen LogP) is 12.7. The summed E-state index contributed by atoms with van der Waals surface area (Å²) < 4.78 is 209. The standard InChI is InChI=1S/C51H33N5/c1-4-16-34(17-5-1)37-22-14-24-39(32-37)50-52-49(36-20-8-3-9-21-36)53-51(54-50)56-46-29-13-11-27-42(46)44-31-30-43-41-26-10-12-28-45(41)55(47(43)48(44)56)40-25-15-23-38(33-40)35-18-6-2-7-19-35/h1-33H/i1D,3D,4D,5D,8D,9D,10D,11D,12D,13D,14D,16D,17D,20D,21D,24D,26D,27D,28D,29D,30D,31D,32D. The van der Waals surface area contributed by atoms with Gasteiger partial charge in [-0.25, -0.2) is 4.98 Å². The molecule has 3 aromatic heterocycles. The lowest BCUT2D eigenvalue weighted by Crippen LogP contribution is -2.07. The molecule has 11 rings (SSSR count). The summed E-state index contributed by atoms with van der Waals surface area (Å²) in [7, 11) is 0. The van der Waals surface area contributed by atoms with Gasteiger partial charge in [-0.1, -0.05) is 169 Å². The van der Waals surface area contributed by atoms with Crippen LogP contribution in [0.3, 0.4) is 0 Å². The molecule has 0 saturated heterocycles. The van der Waals surface area contributed by atoms with E-state index >= 15 is 0 Å². The fraction of sp³-hybridized carbons (Fsp3) is 0. The van der Waals surface area contributed by atoms with Gasteiger partial charge in [0.05, 0.1) is 53.6 Å². The molecule has 0 fully saturated rings. The maximum absolute atomic E-state index is 9.76. The summed E-state index contributed by atoms with van der Waals surface area (Å²) in [6.07, 6.45) is 0. The van der Waals surface area contributed by atoms with Gasteiger partial charge in [0.15, 0.2) is 11.6 Å². The first-order valence-corrected chi connectivity index (χ1v) is 17.0. The Morgan fingerprint density at radius 2 is 0.946 bits per heavy atom. The number of hydrogen-bond donors (Lipinski definition) is 0. The molecule has 0 aliphatic carbocycles. The van der Waals surface area contributed by atoms with E-state index in [-0.39, 0.29) is 38.4 Å². The van der Waals surface area contributed by atoms with E-state index in [1.165, 1.54) is 4.57 Å². The zero-order valence-electron chi connectivity index (χ0n) is 51.5. The average Bonchev–Trinajstić information content (AvgIpc) is 4.16. The van der Waals surface area contributed by atoms with Gasteiger partial charge in [0.1, 0.15) is 0 Å². The van der Waals surface area contributed by atoms with Crippen LogP contribution in [0.5, 0.6) is 0 Å². The molecule has 56 heavy (non-hydrogen) atoms. The van der Waals surface area contributed by atoms with E-state index in [1.807, 2.05) is 12.1 Å². The molecular weight excluding hydrogens is 683 g/mol. The molecule has 262 valence electrons. The summed E-state index contributed by atoms with van der Waals surface area (Å²) in [5.41, 5.74) is -2.10. The second kappa shape index (κ2) is 13.0. The molecule has 0 atom stereocenters. The van der Waals surface area contributed by atoms with Crippen LogP contribution in [-0.4, -0.2) is 24.1 Å². The Hall–Kier alpha value is -7.63. The number of rotatable bonds is 6. The molecule has 3 heterocycles. The maximum Gasteiger partial charge on any atom is 0.238 e. The van der Waals surface area contributed by atoms with Crippen molar-refractivity contribution in [2.75, 3.05) is 0 Å². The van der Waals surface area contributed by atoms with Crippen molar-refractivity contribution in [1.29, 1.82) is 0 Å². The van der Waals surface area contributed by atoms with Crippen molar-refractivity contribution in [3.05, 3.63) is 200 Å². The Balaban J connectivity index is 1.42. The van der Waals surface area contributed by atoms with E-state index in [9.17, 15) is 11.0 Å². The van der Waals surface area contributed by atoms with Gasteiger partial charge in [-0.2, -0.15) is 9.97 Å². The van der Waals surface area contributed by atoms with Crippen LogP contribution in [0, 0.1) is 0 Å². The smallest absolute Gasteiger partial charge is 0.238 e. The lowest BCUT2D eigenvalue weighted by atomic mass is 10.0. The van der Waals surface area contributed by atoms with E-state index in [0.717, 1.165) is 16.2 Å². The number of benzene rings is 8. The van der Waals surface area contributed by atoms with Crippen molar-refractivity contribution in [2.45, 2.75) is 0 Å². The highest BCUT2D eigenvalue weighted by Crippen LogP contribution is 2.42. The van der Waals surface area contributed by atoms with Crippen LogP contribution in [0.25, 0.3) is 100 Å². The molecule has 5 nitrogen and oxygen atoms in total. The monoisotopic (exact) mass is 738 g/mol. The SMILES string of the molecule is [2H]c1cc(-c2c([2H])c([2H])c([2H])c([2H])c2[2H])c([2H])c(-c2nc(-c3c([2H])c([2H])c([2H])c([2H])c3[2H])nc(-n3c4c([2H])c([2H])c([2H])c([2H])c4c4c([2H])c([2H])c5c6c([2H])c([2H])c([2H])c([2H])c6n(-c6cccc(-c7ccccc7)c6)c5c43)n2)c1[2H]. The van der Waals surface area contributed by atoms with Gasteiger partial charge < -0.3 is 4.57 Å². The molecule has 5 heteroatoms. The van der Waals surface area contributed by atoms with Gasteiger partial charge in [-0.3, -0.25) is 4.57 Å². The highest BCUT2D eigenvalue weighted by Gasteiger charge is 2.23. The Kier molecular flexibility index (Phi) is 3.82. The molecule has 0 amide bonds. The van der Waals surface area contributed by atoms with Gasteiger partial charge in [-0.15, -0.1) is 0 Å². The van der Waals surface area contributed by atoms with Crippen molar-refractivity contribution in [2.24, 2.45) is 0 Å². The molecule has 0 aliphatic rings. The second-order valence-corrected chi connectivity index (χ2v) is 12.3. The van der Waals surface area contributed by atoms with Crippen LogP contribution in [0.15, 0.2) is 200 Å². The van der Waals surface area contributed by atoms with Crippen LogP contribution in [0.1, 0.15) is 31.5 Å². The van der Waals surface area contributed by atoms with Crippen molar-refractivity contribution in [1.82, 2.24) is 24.1 Å². The molecule has 11 aromatic rings. The molecule has 0 N–H and O–H groups in total. The van der Waals surface area contributed by atoms with Crippen molar-refractivity contribution >= 4 is 43.6 Å². The molecule has 0 spiro atoms. The third kappa shape index (κ3) is 5.21. The zero-order valence-corrected chi connectivity index (χ0v) is 28.5. The fourth-order valence-electron chi connectivity index (χ4n) is 6.79. The van der Waals surface area contributed by atoms with E-state index < -0.39 is 190 Å². The summed E-state index contributed by atoms with van der Waals surface area (Å²) in [6.45, 7) is 0. The molecule has 0 bridgehead atoms. The van der Waals surface area contributed by atoms with E-state index in [4.69, 9.17) is 25.5 Å². The van der Waals surface area contributed by atoms with E-state index in [2.05, 4.69) is 9.97 Å². The van der Waals surface area contributed by atoms with Crippen molar-refractivity contribution in [3.8, 4) is 56.7 Å². The van der Waals surface area contributed by atoms with E-state index in [1.54, 1.807) is 42.5 Å². The Morgan fingerprint density at radius 1 is 0.375 bits per heavy atom. The van der Waals surface area contributed by atoms with Gasteiger partial charge in [0.25, 0.3) is 0 Å². The van der Waals surface area contributed by atoms with Gasteiger partial charge in [-0.05, 0) is 52.5 Å². The normalized spacial score (nSPS) is 17.3. The first kappa shape index (κ1) is 16.4. The Labute approximate surface area is 355 Å². The summed E-state index contributed by atoms with van der Waals surface area (Å²) >= 11 is 0. The largest absolute Gasteiger partial charge is 0.307 e. The minimum absolute atomic E-state index is 0.193. The van der Waals surface area contributed by atoms with Gasteiger partial charge >= 0.3 is 0 Å². The summed E-state index contributed by atoms with van der Waals surface area (Å²) in [6, 6.07) is -0.944. The summed E-state index contributed by atoms with van der Waals surface area (Å²) in [4.78, 5) is 13.8. The third-order valence-electron chi connectivity index (χ3n) is 9.17. The minimum atomic E-state index is -0.874. The van der Waals surface area contributed by atoms with Crippen molar-refractivity contribution < 1.29 is 31.5 Å². The van der Waals surface area contributed by atoms with Gasteiger partial charge in [0.2, 0.25) is 5.95 Å². The molecule has 0 unspecified atom stereocenters. The van der Waals surface area contributed by atoms with E-state index in [0.29, 0.717) is 5.56 Å². The quantitative estimate of drug-likeness (QED) is 0.171. The number of aromatic nitrogens is 5. The second-order valence-electron chi connectivity index (χ2n) is 12.3. The molecular formula is C51H33N5. The third-order valence-corrected chi connectivity index (χ3v) is 9.17. The van der Waals surface area contributed by atoms with Crippen LogP contribution < -0.4 is 0 Å². The topological polar surface area (TPSA) is 48.5 Å².